The summed E-state index contributed by atoms with van der Waals surface area (Å²) < 4.78 is 73.5. The fraction of sp³-hybridized carbons (Fsp3) is 0.290. The summed E-state index contributed by atoms with van der Waals surface area (Å²) in [5, 5.41) is 4.25. The first-order valence-electron chi connectivity index (χ1n) is 13.4. The zero-order chi connectivity index (χ0) is 29.9. The van der Waals surface area contributed by atoms with Crippen LogP contribution in [-0.4, -0.2) is 26.5 Å². The average molecular weight is 581 g/mol. The third kappa shape index (κ3) is 4.86. The number of alkyl halides is 2. The highest BCUT2D eigenvalue weighted by Gasteiger charge is 2.66. The third-order valence-electron chi connectivity index (χ3n) is 8.09. The molecule has 0 saturated heterocycles. The smallest absolute Gasteiger partial charge is 0.293 e. The number of ketones is 1. The summed E-state index contributed by atoms with van der Waals surface area (Å²) in [5.41, 5.74) is 7.17. The van der Waals surface area contributed by atoms with Crippen LogP contribution in [-0.2, 0) is 23.7 Å². The molecule has 1 saturated carbocycles. The Kier molecular flexibility index (Phi) is 6.70. The molecule has 2 unspecified atom stereocenters. The van der Waals surface area contributed by atoms with Gasteiger partial charge in [-0.2, -0.15) is 13.9 Å². The second-order valence-corrected chi connectivity index (χ2v) is 11.0. The van der Waals surface area contributed by atoms with Crippen LogP contribution in [0.15, 0.2) is 54.7 Å². The number of rotatable bonds is 9. The van der Waals surface area contributed by atoms with Crippen molar-refractivity contribution in [3.05, 3.63) is 106 Å². The molecule has 4 aromatic rings. The van der Waals surface area contributed by atoms with Crippen molar-refractivity contribution in [3.63, 3.8) is 0 Å². The number of halogens is 5. The Labute approximate surface area is 237 Å². The first kappa shape index (κ1) is 27.7. The molecule has 6 nitrogen and oxygen atoms in total. The number of primary amides is 1. The Morgan fingerprint density at radius 2 is 1.83 bits per heavy atom. The summed E-state index contributed by atoms with van der Waals surface area (Å²) in [6.07, 6.45) is 1.62. The summed E-state index contributed by atoms with van der Waals surface area (Å²) >= 11 is 0. The second-order valence-electron chi connectivity index (χ2n) is 11.0. The van der Waals surface area contributed by atoms with E-state index >= 15 is 8.78 Å². The van der Waals surface area contributed by atoms with Crippen LogP contribution in [0.25, 0.3) is 11.1 Å². The van der Waals surface area contributed by atoms with E-state index < -0.39 is 53.4 Å². The minimum atomic E-state index is -3.07. The molecule has 2 heterocycles. The van der Waals surface area contributed by atoms with E-state index in [1.54, 1.807) is 19.1 Å². The van der Waals surface area contributed by atoms with E-state index in [4.69, 9.17) is 5.73 Å². The molecule has 2 N–H and O–H groups in total. The van der Waals surface area contributed by atoms with Crippen molar-refractivity contribution >= 4 is 11.7 Å². The van der Waals surface area contributed by atoms with Gasteiger partial charge >= 0.3 is 0 Å². The molecule has 2 aliphatic rings. The molecule has 2 aromatic carbocycles. The predicted octanol–water partition coefficient (Wildman–Crippen LogP) is 5.96. The van der Waals surface area contributed by atoms with Crippen LogP contribution < -0.4 is 5.73 Å². The molecule has 216 valence electrons. The summed E-state index contributed by atoms with van der Waals surface area (Å²) in [6, 6.07) is 10.0. The monoisotopic (exact) mass is 580 g/mol. The summed E-state index contributed by atoms with van der Waals surface area (Å²) in [6.45, 7) is 1.24. The summed E-state index contributed by atoms with van der Waals surface area (Å²) in [5.74, 6) is -8.68. The Hall–Kier alpha value is -4.41. The van der Waals surface area contributed by atoms with Gasteiger partial charge in [0.2, 0.25) is 0 Å². The van der Waals surface area contributed by atoms with E-state index in [1.165, 1.54) is 18.3 Å². The number of aryl methyl sites for hydroxylation is 1. The molecule has 42 heavy (non-hydrogen) atoms. The van der Waals surface area contributed by atoms with Gasteiger partial charge in [0.05, 0.1) is 17.0 Å². The van der Waals surface area contributed by atoms with Crippen molar-refractivity contribution in [3.8, 4) is 11.1 Å². The Balaban J connectivity index is 1.36. The van der Waals surface area contributed by atoms with Crippen molar-refractivity contribution in [2.75, 3.05) is 0 Å². The number of carbonyl (C=O) groups excluding carboxylic acids is 2. The maximum Gasteiger partial charge on any atom is 0.293 e. The maximum absolute atomic E-state index is 15.0. The lowest BCUT2D eigenvalue weighted by atomic mass is 9.86. The number of nitrogens with two attached hydrogens (primary N) is 1. The normalized spacial score (nSPS) is 18.8. The molecule has 0 aliphatic heterocycles. The molecule has 0 bridgehead atoms. The number of hydrogen-bond acceptors (Lipinski definition) is 4. The van der Waals surface area contributed by atoms with Crippen molar-refractivity contribution in [1.82, 2.24) is 14.8 Å². The summed E-state index contributed by atoms with van der Waals surface area (Å²) in [4.78, 5) is 29.7. The maximum atomic E-state index is 15.0. The van der Waals surface area contributed by atoms with Gasteiger partial charge in [-0.15, -0.1) is 0 Å². The topological polar surface area (TPSA) is 90.9 Å². The molecule has 1 fully saturated rings. The van der Waals surface area contributed by atoms with Gasteiger partial charge in [-0.1, -0.05) is 12.1 Å². The third-order valence-corrected chi connectivity index (χ3v) is 8.09. The first-order valence-corrected chi connectivity index (χ1v) is 13.4. The Bertz CT molecular complexity index is 1730. The molecular formula is C31H25F5N4O2. The van der Waals surface area contributed by atoms with Crippen molar-refractivity contribution in [2.45, 2.75) is 50.5 Å². The van der Waals surface area contributed by atoms with Gasteiger partial charge in [0.25, 0.3) is 11.8 Å². The number of nitrogens with zero attached hydrogens (tertiary/aromatic N) is 3. The van der Waals surface area contributed by atoms with Crippen LogP contribution in [0.5, 0.6) is 0 Å². The van der Waals surface area contributed by atoms with E-state index in [2.05, 4.69) is 10.1 Å². The van der Waals surface area contributed by atoms with Gasteiger partial charge in [0, 0.05) is 41.6 Å². The van der Waals surface area contributed by atoms with Gasteiger partial charge in [0.1, 0.15) is 29.7 Å². The van der Waals surface area contributed by atoms with Crippen LogP contribution in [0.2, 0.25) is 0 Å². The number of Topliss-reactive ketones (excluding diaryl/α,β-unsaturated/α-hetero) is 1. The van der Waals surface area contributed by atoms with E-state index in [-0.39, 0.29) is 35.6 Å². The van der Waals surface area contributed by atoms with Crippen LogP contribution in [0.1, 0.15) is 63.2 Å². The number of amides is 1. The van der Waals surface area contributed by atoms with Crippen molar-refractivity contribution < 1.29 is 31.5 Å². The molecule has 2 aromatic heterocycles. The lowest BCUT2D eigenvalue weighted by Crippen LogP contribution is -2.24. The van der Waals surface area contributed by atoms with E-state index in [0.29, 0.717) is 34.5 Å². The van der Waals surface area contributed by atoms with Gasteiger partial charge in [-0.3, -0.25) is 19.3 Å². The number of aromatic nitrogens is 3. The van der Waals surface area contributed by atoms with Crippen molar-refractivity contribution in [2.24, 2.45) is 11.7 Å². The van der Waals surface area contributed by atoms with Crippen LogP contribution in [0.4, 0.5) is 22.0 Å². The molecule has 11 heteroatoms. The minimum Gasteiger partial charge on any atom is -0.366 e. The molecule has 6 rings (SSSR count). The number of fused-ring (bicyclic) bond motifs is 3. The lowest BCUT2D eigenvalue weighted by molar-refractivity contribution is -0.120. The molecule has 1 amide bonds. The van der Waals surface area contributed by atoms with Crippen LogP contribution in [0.3, 0.4) is 0 Å². The highest BCUT2D eigenvalue weighted by molar-refractivity contribution is 5.94. The molecule has 3 atom stereocenters. The first-order chi connectivity index (χ1) is 19.9. The van der Waals surface area contributed by atoms with Gasteiger partial charge < -0.3 is 5.73 Å². The van der Waals surface area contributed by atoms with E-state index in [1.807, 2.05) is 0 Å². The van der Waals surface area contributed by atoms with Gasteiger partial charge in [-0.25, -0.2) is 13.2 Å². The fourth-order valence-electron chi connectivity index (χ4n) is 6.25. The molecule has 0 spiro atoms. The standard InChI is InChI=1S/C31H25F5N4O2/c1-15-27-23-13-25(23)31(35,36)29(27)40(39-15)14-21(41)10-18(7-16-8-19(32)12-20(33)9-16)28-22(3-2-6-38-28)17-4-5-26(34)24(11-17)30(37)42/h2-6,8-9,11-12,18,23,25H,7,10,13-14H2,1H3,(H2,37,42)/t18-,23?,25?/m1/s1. The number of benzene rings is 2. The quantitative estimate of drug-likeness (QED) is 0.247. The number of carbonyl (C=O) groups is 2. The van der Waals surface area contributed by atoms with Crippen molar-refractivity contribution in [1.29, 1.82) is 0 Å². The average Bonchev–Trinajstić information content (AvgIpc) is 3.60. The highest BCUT2D eigenvalue weighted by Crippen LogP contribution is 2.67. The van der Waals surface area contributed by atoms with E-state index in [0.717, 1.165) is 28.9 Å². The largest absolute Gasteiger partial charge is 0.366 e. The predicted molar refractivity (Wildman–Crippen MR) is 142 cm³/mol. The number of hydrogen-bond donors (Lipinski definition) is 1. The lowest BCUT2D eigenvalue weighted by Gasteiger charge is -2.21. The van der Waals surface area contributed by atoms with Crippen LogP contribution >= 0.6 is 0 Å². The Morgan fingerprint density at radius 3 is 2.55 bits per heavy atom. The van der Waals surface area contributed by atoms with E-state index in [9.17, 15) is 22.8 Å². The SMILES string of the molecule is Cc1nn(CC(=O)C[C@@H](Cc2cc(F)cc(F)c2)c2ncccc2-c2ccc(F)c(C(N)=O)c2)c2c1C1CC1C2(F)F. The summed E-state index contributed by atoms with van der Waals surface area (Å²) in [7, 11) is 0. The zero-order valence-electron chi connectivity index (χ0n) is 22.4. The highest BCUT2D eigenvalue weighted by atomic mass is 19.3. The molecular weight excluding hydrogens is 555 g/mol. The van der Waals surface area contributed by atoms with Gasteiger partial charge in [0.15, 0.2) is 5.78 Å². The van der Waals surface area contributed by atoms with Crippen LogP contribution in [0, 0.1) is 30.3 Å². The fourth-order valence-corrected chi connectivity index (χ4v) is 6.25. The zero-order valence-corrected chi connectivity index (χ0v) is 22.4. The Morgan fingerprint density at radius 1 is 1.10 bits per heavy atom. The van der Waals surface area contributed by atoms with Gasteiger partial charge in [-0.05, 0) is 67.1 Å². The molecule has 2 aliphatic carbocycles. The minimum absolute atomic E-state index is 0.0230. The molecule has 0 radical (unpaired) electrons. The second kappa shape index (κ2) is 10.1. The number of pyridine rings is 1.